The van der Waals surface area contributed by atoms with Crippen LogP contribution in [0.4, 0.5) is 5.69 Å². The molecule has 0 atom stereocenters. The molecule has 0 saturated heterocycles. The van der Waals surface area contributed by atoms with Gasteiger partial charge in [-0.2, -0.15) is 0 Å². The lowest BCUT2D eigenvalue weighted by atomic mass is 10.3. The van der Waals surface area contributed by atoms with E-state index in [9.17, 15) is 0 Å². The van der Waals surface area contributed by atoms with Crippen LogP contribution in [0.1, 0.15) is 13.8 Å². The Morgan fingerprint density at radius 1 is 1.21 bits per heavy atom. The van der Waals surface area contributed by atoms with Crippen LogP contribution in [0.2, 0.25) is 0 Å². The Kier molecular flexibility index (Phi) is 4.75. The summed E-state index contributed by atoms with van der Waals surface area (Å²) in [6, 6.07) is 4.03. The largest absolute Gasteiger partial charge is 0.492 e. The normalized spacial score (nSPS) is 10.0. The van der Waals surface area contributed by atoms with Crippen LogP contribution in [0.15, 0.2) is 21.1 Å². The third-order valence-corrected chi connectivity index (χ3v) is 2.85. The van der Waals surface area contributed by atoms with Crippen LogP contribution in [0, 0.1) is 0 Å². The summed E-state index contributed by atoms with van der Waals surface area (Å²) < 4.78 is 7.40. The Bertz CT molecular complexity index is 292. The molecule has 0 radical (unpaired) electrons. The maximum absolute atomic E-state index is 5.48. The molecular weight excluding hydrogens is 310 g/mol. The molecule has 0 spiro atoms. The molecular formula is C10H13Br2NO. The molecule has 0 saturated carbocycles. The molecule has 0 unspecified atom stereocenters. The second-order valence-corrected chi connectivity index (χ2v) is 4.44. The second-order valence-electron chi connectivity index (χ2n) is 2.73. The maximum atomic E-state index is 5.48. The fraction of sp³-hybridized carbons (Fsp3) is 0.400. The highest BCUT2D eigenvalue weighted by Crippen LogP contribution is 2.36. The van der Waals surface area contributed by atoms with Crippen LogP contribution in [0.25, 0.3) is 0 Å². The van der Waals surface area contributed by atoms with E-state index in [1.807, 2.05) is 19.1 Å². The van der Waals surface area contributed by atoms with E-state index < -0.39 is 0 Å². The number of ether oxygens (including phenoxy) is 1. The van der Waals surface area contributed by atoms with E-state index in [2.05, 4.69) is 44.1 Å². The summed E-state index contributed by atoms with van der Waals surface area (Å²) in [5.41, 5.74) is 1.08. The van der Waals surface area contributed by atoms with E-state index in [4.69, 9.17) is 4.74 Å². The fourth-order valence-electron chi connectivity index (χ4n) is 1.15. The highest BCUT2D eigenvalue weighted by Gasteiger charge is 2.07. The molecule has 0 fully saturated rings. The first-order chi connectivity index (χ1) is 6.69. The Morgan fingerprint density at radius 3 is 2.21 bits per heavy atom. The number of hydrogen-bond donors (Lipinski definition) is 1. The number of rotatable bonds is 4. The number of nitrogens with one attached hydrogen (secondary N) is 1. The summed E-state index contributed by atoms with van der Waals surface area (Å²) in [4.78, 5) is 0. The van der Waals surface area contributed by atoms with Crippen LogP contribution in [0.5, 0.6) is 5.75 Å². The summed E-state index contributed by atoms with van der Waals surface area (Å²) in [6.07, 6.45) is 0. The minimum absolute atomic E-state index is 0.664. The van der Waals surface area contributed by atoms with Crippen LogP contribution in [-0.4, -0.2) is 13.2 Å². The lowest BCUT2D eigenvalue weighted by Crippen LogP contribution is -1.98. The van der Waals surface area contributed by atoms with Gasteiger partial charge in [-0.1, -0.05) is 0 Å². The van der Waals surface area contributed by atoms with Crippen molar-refractivity contribution < 1.29 is 4.74 Å². The molecule has 1 aromatic rings. The van der Waals surface area contributed by atoms with E-state index in [1.54, 1.807) is 0 Å². The van der Waals surface area contributed by atoms with E-state index in [-0.39, 0.29) is 0 Å². The number of anilines is 1. The summed E-state index contributed by atoms with van der Waals surface area (Å²) in [5, 5.41) is 3.24. The van der Waals surface area contributed by atoms with Crippen LogP contribution in [-0.2, 0) is 0 Å². The van der Waals surface area contributed by atoms with Crippen LogP contribution in [0.3, 0.4) is 0 Å². The quantitative estimate of drug-likeness (QED) is 0.903. The SMILES string of the molecule is CCNc1cc(Br)c(OCC)c(Br)c1. The highest BCUT2D eigenvalue weighted by molar-refractivity contribution is 9.11. The molecule has 14 heavy (non-hydrogen) atoms. The molecule has 0 aromatic heterocycles. The van der Waals surface area contributed by atoms with Crippen molar-refractivity contribution in [3.63, 3.8) is 0 Å². The van der Waals surface area contributed by atoms with Gasteiger partial charge < -0.3 is 10.1 Å². The van der Waals surface area contributed by atoms with Gasteiger partial charge in [-0.25, -0.2) is 0 Å². The van der Waals surface area contributed by atoms with Crippen molar-refractivity contribution in [1.82, 2.24) is 0 Å². The van der Waals surface area contributed by atoms with Gasteiger partial charge in [-0.3, -0.25) is 0 Å². The molecule has 4 heteroatoms. The van der Waals surface area contributed by atoms with Crippen LogP contribution >= 0.6 is 31.9 Å². The smallest absolute Gasteiger partial charge is 0.147 e. The Morgan fingerprint density at radius 2 is 1.79 bits per heavy atom. The molecule has 1 rings (SSSR count). The van der Waals surface area contributed by atoms with E-state index >= 15 is 0 Å². The zero-order valence-electron chi connectivity index (χ0n) is 8.23. The Balaban J connectivity index is 2.98. The predicted molar refractivity (Wildman–Crippen MR) is 67.2 cm³/mol. The minimum Gasteiger partial charge on any atom is -0.492 e. The standard InChI is InChI=1S/C10H13Br2NO/c1-3-13-7-5-8(11)10(14-4-2)9(12)6-7/h5-6,13H,3-4H2,1-2H3. The molecule has 1 N–H and O–H groups in total. The summed E-state index contributed by atoms with van der Waals surface area (Å²) in [7, 11) is 0. The molecule has 0 bridgehead atoms. The van der Waals surface area contributed by atoms with Gasteiger partial charge in [0.1, 0.15) is 5.75 Å². The molecule has 1 aromatic carbocycles. The summed E-state index contributed by atoms with van der Waals surface area (Å²) >= 11 is 6.95. The maximum Gasteiger partial charge on any atom is 0.147 e. The van der Waals surface area contributed by atoms with Gasteiger partial charge in [0, 0.05) is 12.2 Å². The average Bonchev–Trinajstić information content (AvgIpc) is 2.12. The number of hydrogen-bond acceptors (Lipinski definition) is 2. The number of benzene rings is 1. The van der Waals surface area contributed by atoms with Crippen LogP contribution < -0.4 is 10.1 Å². The lowest BCUT2D eigenvalue weighted by molar-refractivity contribution is 0.336. The van der Waals surface area contributed by atoms with Gasteiger partial charge in [0.15, 0.2) is 0 Å². The second kappa shape index (κ2) is 5.61. The Hall–Kier alpha value is -0.220. The van der Waals surface area contributed by atoms with Gasteiger partial charge in [-0.15, -0.1) is 0 Å². The zero-order chi connectivity index (χ0) is 10.6. The molecule has 0 aliphatic heterocycles. The molecule has 2 nitrogen and oxygen atoms in total. The fourth-order valence-corrected chi connectivity index (χ4v) is 2.56. The molecule has 78 valence electrons. The van der Waals surface area contributed by atoms with Crippen molar-refractivity contribution in [2.24, 2.45) is 0 Å². The van der Waals surface area contributed by atoms with Crippen molar-refractivity contribution in [1.29, 1.82) is 0 Å². The van der Waals surface area contributed by atoms with Crippen molar-refractivity contribution in [2.75, 3.05) is 18.5 Å². The molecule has 0 aliphatic carbocycles. The minimum atomic E-state index is 0.664. The lowest BCUT2D eigenvalue weighted by Gasteiger charge is -2.11. The topological polar surface area (TPSA) is 21.3 Å². The summed E-state index contributed by atoms with van der Waals surface area (Å²) in [6.45, 7) is 5.61. The molecule has 0 heterocycles. The van der Waals surface area contributed by atoms with E-state index in [0.29, 0.717) is 6.61 Å². The molecule has 0 amide bonds. The van der Waals surface area contributed by atoms with E-state index in [0.717, 1.165) is 26.9 Å². The third-order valence-electron chi connectivity index (χ3n) is 1.67. The van der Waals surface area contributed by atoms with Gasteiger partial charge in [-0.05, 0) is 57.8 Å². The highest BCUT2D eigenvalue weighted by atomic mass is 79.9. The Labute approximate surface area is 101 Å². The van der Waals surface area contributed by atoms with Gasteiger partial charge in [0.2, 0.25) is 0 Å². The van der Waals surface area contributed by atoms with Gasteiger partial charge >= 0.3 is 0 Å². The number of halogens is 2. The van der Waals surface area contributed by atoms with Crippen molar-refractivity contribution in [3.8, 4) is 5.75 Å². The third kappa shape index (κ3) is 2.89. The predicted octanol–water partition coefficient (Wildman–Crippen LogP) is 4.04. The monoisotopic (exact) mass is 321 g/mol. The van der Waals surface area contributed by atoms with Crippen molar-refractivity contribution in [2.45, 2.75) is 13.8 Å². The summed E-state index contributed by atoms with van der Waals surface area (Å²) in [5.74, 6) is 0.856. The molecule has 0 aliphatic rings. The first-order valence-corrected chi connectivity index (χ1v) is 6.13. The van der Waals surface area contributed by atoms with Gasteiger partial charge in [0.25, 0.3) is 0 Å². The first kappa shape index (κ1) is 11.9. The zero-order valence-corrected chi connectivity index (χ0v) is 11.4. The van der Waals surface area contributed by atoms with Gasteiger partial charge in [0.05, 0.1) is 15.6 Å². The van der Waals surface area contributed by atoms with Crippen molar-refractivity contribution >= 4 is 37.5 Å². The average molecular weight is 323 g/mol. The first-order valence-electron chi connectivity index (χ1n) is 4.54. The van der Waals surface area contributed by atoms with Crippen molar-refractivity contribution in [3.05, 3.63) is 21.1 Å². The van der Waals surface area contributed by atoms with E-state index in [1.165, 1.54) is 0 Å².